The molecule has 0 radical (unpaired) electrons. The molecule has 1 N–H and O–H groups in total. The van der Waals surface area contributed by atoms with E-state index in [2.05, 4.69) is 15.2 Å². The number of aryl methyl sites for hydroxylation is 1. The maximum absolute atomic E-state index is 11.0. The Labute approximate surface area is 106 Å². The summed E-state index contributed by atoms with van der Waals surface area (Å²) < 4.78 is 0. The lowest BCUT2D eigenvalue weighted by molar-refractivity contribution is -0.114. The quantitative estimate of drug-likeness (QED) is 0.899. The predicted molar refractivity (Wildman–Crippen MR) is 70.3 cm³/mol. The molecule has 0 spiro atoms. The Morgan fingerprint density at radius 3 is 2.76 bits per heavy atom. The van der Waals surface area contributed by atoms with Crippen molar-refractivity contribution in [2.45, 2.75) is 39.7 Å². The van der Waals surface area contributed by atoms with Crippen molar-refractivity contribution in [2.24, 2.45) is 0 Å². The lowest BCUT2D eigenvalue weighted by atomic mass is 10.1. The summed E-state index contributed by atoms with van der Waals surface area (Å²) in [6, 6.07) is 0. The van der Waals surface area contributed by atoms with Crippen LogP contribution in [0.3, 0.4) is 0 Å². The Kier molecular flexibility index (Phi) is 4.12. The Morgan fingerprint density at radius 1 is 1.41 bits per heavy atom. The van der Waals surface area contributed by atoms with E-state index in [1.54, 1.807) is 11.3 Å². The number of thiazole rings is 1. The Bertz CT molecular complexity index is 396. The van der Waals surface area contributed by atoms with E-state index in [0.29, 0.717) is 0 Å². The van der Waals surface area contributed by atoms with Gasteiger partial charge in [-0.15, -0.1) is 11.3 Å². The molecule has 1 aromatic heterocycles. The summed E-state index contributed by atoms with van der Waals surface area (Å²) in [5.74, 6) is -0.0525. The molecule has 0 aliphatic carbocycles. The van der Waals surface area contributed by atoms with Gasteiger partial charge in [-0.2, -0.15) is 0 Å². The van der Waals surface area contributed by atoms with Gasteiger partial charge in [0.2, 0.25) is 5.91 Å². The second kappa shape index (κ2) is 5.60. The average Bonchev–Trinajstić information content (AvgIpc) is 2.59. The smallest absolute Gasteiger partial charge is 0.223 e. The number of hydrogen-bond donors (Lipinski definition) is 1. The predicted octanol–water partition coefficient (Wildman–Crippen LogP) is 2.40. The first kappa shape index (κ1) is 12.5. The maximum atomic E-state index is 11.0. The second-order valence-electron chi connectivity index (χ2n) is 4.55. The first-order chi connectivity index (χ1) is 8.15. The minimum absolute atomic E-state index is 0.0525. The van der Waals surface area contributed by atoms with Gasteiger partial charge in [-0.3, -0.25) is 9.69 Å². The number of piperidine rings is 1. The molecule has 5 heteroatoms. The number of carbonyl (C=O) groups excluding carboxylic acids is 1. The lowest BCUT2D eigenvalue weighted by Gasteiger charge is -2.25. The fourth-order valence-corrected chi connectivity index (χ4v) is 3.15. The fourth-order valence-electron chi connectivity index (χ4n) is 2.10. The van der Waals surface area contributed by atoms with Gasteiger partial charge in [0.25, 0.3) is 0 Å². The number of nitrogens with one attached hydrogen (secondary N) is 1. The van der Waals surface area contributed by atoms with Gasteiger partial charge < -0.3 is 5.32 Å². The summed E-state index contributed by atoms with van der Waals surface area (Å²) in [6.07, 6.45) is 3.96. The third-order valence-electron chi connectivity index (χ3n) is 2.99. The molecule has 4 nitrogen and oxygen atoms in total. The number of carbonyl (C=O) groups is 1. The minimum Gasteiger partial charge on any atom is -0.302 e. The molecule has 0 aromatic carbocycles. The zero-order valence-electron chi connectivity index (χ0n) is 10.5. The molecule has 1 saturated heterocycles. The van der Waals surface area contributed by atoms with Crippen molar-refractivity contribution in [3.63, 3.8) is 0 Å². The van der Waals surface area contributed by atoms with Crippen molar-refractivity contribution in [3.05, 3.63) is 10.6 Å². The second-order valence-corrected chi connectivity index (χ2v) is 5.63. The third-order valence-corrected chi connectivity index (χ3v) is 4.05. The van der Waals surface area contributed by atoms with Crippen molar-refractivity contribution >= 4 is 22.4 Å². The zero-order valence-corrected chi connectivity index (χ0v) is 11.3. The molecule has 94 valence electrons. The number of nitrogens with zero attached hydrogens (tertiary/aromatic N) is 2. The van der Waals surface area contributed by atoms with E-state index in [0.717, 1.165) is 17.4 Å². The van der Waals surface area contributed by atoms with E-state index in [4.69, 9.17) is 0 Å². The molecule has 0 saturated carbocycles. The van der Waals surface area contributed by atoms with E-state index in [1.165, 1.54) is 44.2 Å². The van der Waals surface area contributed by atoms with E-state index in [1.807, 2.05) is 6.92 Å². The van der Waals surface area contributed by atoms with Gasteiger partial charge in [0.05, 0.1) is 5.69 Å². The van der Waals surface area contributed by atoms with E-state index >= 15 is 0 Å². The van der Waals surface area contributed by atoms with Crippen molar-refractivity contribution in [3.8, 4) is 0 Å². The van der Waals surface area contributed by atoms with Crippen LogP contribution in [0, 0.1) is 6.92 Å². The maximum Gasteiger partial charge on any atom is 0.223 e. The van der Waals surface area contributed by atoms with Crippen LogP contribution in [0.2, 0.25) is 0 Å². The first-order valence-corrected chi connectivity index (χ1v) is 6.93. The van der Waals surface area contributed by atoms with Crippen LogP contribution < -0.4 is 5.32 Å². The molecule has 17 heavy (non-hydrogen) atoms. The van der Waals surface area contributed by atoms with Crippen molar-refractivity contribution in [2.75, 3.05) is 18.4 Å². The summed E-state index contributed by atoms with van der Waals surface area (Å²) in [7, 11) is 0. The SMILES string of the molecule is CC(=O)Nc1nc(C)c(CN2CCCCC2)s1. The van der Waals surface area contributed by atoms with Crippen molar-refractivity contribution < 1.29 is 4.79 Å². The summed E-state index contributed by atoms with van der Waals surface area (Å²) >= 11 is 1.60. The normalized spacial score (nSPS) is 17.1. The van der Waals surface area contributed by atoms with Crippen LogP contribution in [0.1, 0.15) is 36.8 Å². The van der Waals surface area contributed by atoms with Gasteiger partial charge in [-0.1, -0.05) is 6.42 Å². The van der Waals surface area contributed by atoms with Crippen LogP contribution in [0.5, 0.6) is 0 Å². The van der Waals surface area contributed by atoms with Crippen LogP contribution in [-0.4, -0.2) is 28.9 Å². The van der Waals surface area contributed by atoms with Gasteiger partial charge in [-0.25, -0.2) is 4.98 Å². The van der Waals surface area contributed by atoms with Gasteiger partial charge in [-0.05, 0) is 32.9 Å². The topological polar surface area (TPSA) is 45.2 Å². The van der Waals surface area contributed by atoms with Crippen molar-refractivity contribution in [1.29, 1.82) is 0 Å². The summed E-state index contributed by atoms with van der Waals surface area (Å²) in [6.45, 7) is 6.88. The summed E-state index contributed by atoms with van der Waals surface area (Å²) in [4.78, 5) is 19.1. The zero-order chi connectivity index (χ0) is 12.3. The van der Waals surface area contributed by atoms with Crippen LogP contribution in [-0.2, 0) is 11.3 Å². The Balaban J connectivity index is 1.99. The van der Waals surface area contributed by atoms with Crippen molar-refractivity contribution in [1.82, 2.24) is 9.88 Å². The van der Waals surface area contributed by atoms with Crippen LogP contribution >= 0.6 is 11.3 Å². The van der Waals surface area contributed by atoms with Crippen LogP contribution in [0.25, 0.3) is 0 Å². The average molecular weight is 253 g/mol. The summed E-state index contributed by atoms with van der Waals surface area (Å²) in [5.41, 5.74) is 1.05. The highest BCUT2D eigenvalue weighted by atomic mass is 32.1. The molecule has 1 aliphatic rings. The number of hydrogen-bond acceptors (Lipinski definition) is 4. The van der Waals surface area contributed by atoms with Gasteiger partial charge in [0.15, 0.2) is 5.13 Å². The molecular formula is C12H19N3OS. The highest BCUT2D eigenvalue weighted by molar-refractivity contribution is 7.15. The molecule has 0 unspecified atom stereocenters. The summed E-state index contributed by atoms with van der Waals surface area (Å²) in [5, 5.41) is 3.48. The number of amides is 1. The van der Waals surface area contributed by atoms with Gasteiger partial charge in [0, 0.05) is 18.3 Å². The Hall–Kier alpha value is -0.940. The minimum atomic E-state index is -0.0525. The molecule has 1 fully saturated rings. The van der Waals surface area contributed by atoms with E-state index in [-0.39, 0.29) is 5.91 Å². The third kappa shape index (κ3) is 3.51. The van der Waals surface area contributed by atoms with Gasteiger partial charge in [0.1, 0.15) is 0 Å². The molecule has 1 aromatic rings. The number of aromatic nitrogens is 1. The number of rotatable bonds is 3. The highest BCUT2D eigenvalue weighted by Crippen LogP contribution is 2.25. The van der Waals surface area contributed by atoms with Crippen LogP contribution in [0.4, 0.5) is 5.13 Å². The first-order valence-electron chi connectivity index (χ1n) is 6.11. The molecule has 0 atom stereocenters. The molecular weight excluding hydrogens is 234 g/mol. The van der Waals surface area contributed by atoms with E-state index < -0.39 is 0 Å². The standard InChI is InChI=1S/C12H19N3OS/c1-9-11(8-15-6-4-3-5-7-15)17-12(13-9)14-10(2)16/h3-8H2,1-2H3,(H,13,14,16). The largest absolute Gasteiger partial charge is 0.302 e. The molecule has 1 amide bonds. The van der Waals surface area contributed by atoms with Gasteiger partial charge >= 0.3 is 0 Å². The molecule has 2 rings (SSSR count). The highest BCUT2D eigenvalue weighted by Gasteiger charge is 2.14. The number of anilines is 1. The van der Waals surface area contributed by atoms with E-state index in [9.17, 15) is 4.79 Å². The number of likely N-dealkylation sites (tertiary alicyclic amines) is 1. The molecule has 2 heterocycles. The molecule has 1 aliphatic heterocycles. The lowest BCUT2D eigenvalue weighted by Crippen LogP contribution is -2.28. The van der Waals surface area contributed by atoms with Crippen LogP contribution in [0.15, 0.2) is 0 Å². The Morgan fingerprint density at radius 2 is 2.12 bits per heavy atom. The molecule has 0 bridgehead atoms. The fraction of sp³-hybridized carbons (Fsp3) is 0.667. The monoisotopic (exact) mass is 253 g/mol.